The molecule has 8 heteroatoms. The molecular weight excluding hydrogens is 277 g/mol. The molecule has 7 nitrogen and oxygen atoms in total. The van der Waals surface area contributed by atoms with Gasteiger partial charge in [0.25, 0.3) is 0 Å². The van der Waals surface area contributed by atoms with Gasteiger partial charge in [0.1, 0.15) is 12.1 Å². The van der Waals surface area contributed by atoms with E-state index in [9.17, 15) is 14.0 Å². The Morgan fingerprint density at radius 2 is 2.29 bits per heavy atom. The molecule has 3 rings (SSSR count). The number of nitrogens with zero attached hydrogens (tertiary/aromatic N) is 3. The minimum atomic E-state index is -0.564. The quantitative estimate of drug-likeness (QED) is 0.882. The van der Waals surface area contributed by atoms with Crippen molar-refractivity contribution < 1.29 is 14.0 Å². The molecule has 21 heavy (non-hydrogen) atoms. The molecular formula is C13H12FN5O2. The van der Waals surface area contributed by atoms with Crippen LogP contribution >= 0.6 is 0 Å². The summed E-state index contributed by atoms with van der Waals surface area (Å²) < 4.78 is 15.0. The second-order valence-corrected chi connectivity index (χ2v) is 4.68. The maximum Gasteiger partial charge on any atom is 0.232 e. The predicted octanol–water partition coefficient (Wildman–Crippen LogP) is 1.01. The minimum absolute atomic E-state index is 0.0561. The number of hydrogen-bond donors (Lipinski definition) is 2. The largest absolute Gasteiger partial charge is 0.324 e. The van der Waals surface area contributed by atoms with Crippen molar-refractivity contribution in [3.8, 4) is 0 Å². The van der Waals surface area contributed by atoms with Crippen molar-refractivity contribution in [2.24, 2.45) is 5.92 Å². The maximum absolute atomic E-state index is 13.4. The molecule has 108 valence electrons. The van der Waals surface area contributed by atoms with Gasteiger partial charge in [-0.05, 0) is 12.1 Å². The topological polar surface area (TPSA) is 88.9 Å². The van der Waals surface area contributed by atoms with Crippen LogP contribution in [0.4, 0.5) is 16.0 Å². The van der Waals surface area contributed by atoms with Gasteiger partial charge in [-0.25, -0.2) is 9.07 Å². The minimum Gasteiger partial charge on any atom is -0.324 e. The summed E-state index contributed by atoms with van der Waals surface area (Å²) in [7, 11) is 0. The monoisotopic (exact) mass is 289 g/mol. The number of nitrogens with one attached hydrogen (secondary N) is 2. The molecule has 0 unspecified atom stereocenters. The Hall–Kier alpha value is -2.77. The summed E-state index contributed by atoms with van der Waals surface area (Å²) in [4.78, 5) is 27.7. The van der Waals surface area contributed by atoms with Gasteiger partial charge in [-0.1, -0.05) is 12.1 Å². The van der Waals surface area contributed by atoms with Crippen molar-refractivity contribution in [1.29, 1.82) is 0 Å². The number of aromatic nitrogens is 3. The van der Waals surface area contributed by atoms with Crippen molar-refractivity contribution in [3.63, 3.8) is 0 Å². The van der Waals surface area contributed by atoms with Crippen molar-refractivity contribution in [1.82, 2.24) is 14.8 Å². The van der Waals surface area contributed by atoms with Crippen LogP contribution in [0, 0.1) is 11.7 Å². The number of fused-ring (bicyclic) bond motifs is 1. The highest BCUT2D eigenvalue weighted by Gasteiger charge is 2.29. The molecule has 0 bridgehead atoms. The summed E-state index contributed by atoms with van der Waals surface area (Å²) in [5.41, 5.74) is 0.0974. The second-order valence-electron chi connectivity index (χ2n) is 4.68. The van der Waals surface area contributed by atoms with Gasteiger partial charge in [-0.3, -0.25) is 14.9 Å². The molecule has 1 aliphatic heterocycles. The number of amides is 2. The van der Waals surface area contributed by atoms with E-state index in [4.69, 9.17) is 0 Å². The molecule has 1 aromatic heterocycles. The molecule has 1 aliphatic rings. The Balaban J connectivity index is 1.66. The van der Waals surface area contributed by atoms with Crippen molar-refractivity contribution in [2.45, 2.75) is 13.0 Å². The molecule has 0 radical (unpaired) electrons. The summed E-state index contributed by atoms with van der Waals surface area (Å²) in [6.45, 7) is 0.270. The summed E-state index contributed by atoms with van der Waals surface area (Å²) in [5.74, 6) is -1.43. The standard InChI is InChI=1S/C13H12FN5O2/c14-9-3-1-2-4-10(9)17-11(20)5-8-6-19-13(15-7-16-19)18-12(8)21/h1-4,7-8H,5-6H2,(H,17,20)(H,15,16,18,21)/t8-/m1/s1. The fraction of sp³-hybridized carbons (Fsp3) is 0.231. The van der Waals surface area contributed by atoms with E-state index in [1.54, 1.807) is 6.07 Å². The van der Waals surface area contributed by atoms with Gasteiger partial charge in [0.05, 0.1) is 18.2 Å². The first-order valence-electron chi connectivity index (χ1n) is 6.36. The number of benzene rings is 1. The Bertz CT molecular complexity index is 699. The molecule has 0 saturated heterocycles. The fourth-order valence-electron chi connectivity index (χ4n) is 2.14. The van der Waals surface area contributed by atoms with Gasteiger partial charge >= 0.3 is 0 Å². The summed E-state index contributed by atoms with van der Waals surface area (Å²) >= 11 is 0. The molecule has 2 N–H and O–H groups in total. The molecule has 1 atom stereocenters. The van der Waals surface area contributed by atoms with Gasteiger partial charge in [-0.2, -0.15) is 10.1 Å². The molecule has 1 aromatic carbocycles. The third-order valence-corrected chi connectivity index (χ3v) is 3.19. The highest BCUT2D eigenvalue weighted by atomic mass is 19.1. The zero-order valence-electron chi connectivity index (χ0n) is 10.9. The normalized spacial score (nSPS) is 17.0. The van der Waals surface area contributed by atoms with Crippen LogP contribution in [-0.2, 0) is 16.1 Å². The van der Waals surface area contributed by atoms with Crippen LogP contribution < -0.4 is 10.6 Å². The molecule has 2 amide bonds. The maximum atomic E-state index is 13.4. The van der Waals surface area contributed by atoms with E-state index >= 15 is 0 Å². The number of carbonyl (C=O) groups excluding carboxylic acids is 2. The van der Waals surface area contributed by atoms with E-state index in [2.05, 4.69) is 20.7 Å². The lowest BCUT2D eigenvalue weighted by Crippen LogP contribution is -2.36. The smallest absolute Gasteiger partial charge is 0.232 e. The Labute approximate surface area is 119 Å². The average molecular weight is 289 g/mol. The third kappa shape index (κ3) is 2.73. The van der Waals surface area contributed by atoms with E-state index in [1.165, 1.54) is 29.2 Å². The fourth-order valence-corrected chi connectivity index (χ4v) is 2.14. The third-order valence-electron chi connectivity index (χ3n) is 3.19. The number of halogens is 1. The lowest BCUT2D eigenvalue weighted by atomic mass is 10.0. The summed E-state index contributed by atoms with van der Waals surface area (Å²) in [6, 6.07) is 5.87. The zero-order valence-corrected chi connectivity index (χ0v) is 10.9. The van der Waals surface area contributed by atoms with E-state index in [1.807, 2.05) is 0 Å². The average Bonchev–Trinajstić information content (AvgIpc) is 2.89. The van der Waals surface area contributed by atoms with Crippen LogP contribution in [0.25, 0.3) is 0 Å². The van der Waals surface area contributed by atoms with Crippen LogP contribution in [-0.4, -0.2) is 26.6 Å². The Morgan fingerprint density at radius 1 is 1.48 bits per heavy atom. The first kappa shape index (κ1) is 13.2. The highest BCUT2D eigenvalue weighted by molar-refractivity contribution is 5.98. The van der Waals surface area contributed by atoms with Gasteiger partial charge in [0, 0.05) is 6.42 Å². The summed E-state index contributed by atoms with van der Waals surface area (Å²) in [6.07, 6.45) is 1.27. The van der Waals surface area contributed by atoms with E-state index in [0.29, 0.717) is 5.95 Å². The Kier molecular flexibility index (Phi) is 3.35. The van der Waals surface area contributed by atoms with E-state index in [0.717, 1.165) is 0 Å². The van der Waals surface area contributed by atoms with Crippen LogP contribution in [0.5, 0.6) is 0 Å². The lowest BCUT2D eigenvalue weighted by molar-refractivity contribution is -0.126. The highest BCUT2D eigenvalue weighted by Crippen LogP contribution is 2.19. The molecule has 0 aliphatic carbocycles. The molecule has 2 aromatic rings. The summed E-state index contributed by atoms with van der Waals surface area (Å²) in [5, 5.41) is 8.97. The number of rotatable bonds is 3. The lowest BCUT2D eigenvalue weighted by Gasteiger charge is -2.21. The van der Waals surface area contributed by atoms with Crippen LogP contribution in [0.3, 0.4) is 0 Å². The number of para-hydroxylation sites is 1. The SMILES string of the molecule is O=C(C[C@@H]1Cn2ncnc2NC1=O)Nc1ccccc1F. The first-order valence-corrected chi connectivity index (χ1v) is 6.36. The Morgan fingerprint density at radius 3 is 3.10 bits per heavy atom. The van der Waals surface area contributed by atoms with E-state index < -0.39 is 17.6 Å². The molecule has 0 saturated carbocycles. The molecule has 0 spiro atoms. The molecule has 0 fully saturated rings. The van der Waals surface area contributed by atoms with Crippen molar-refractivity contribution >= 4 is 23.5 Å². The van der Waals surface area contributed by atoms with E-state index in [-0.39, 0.29) is 24.6 Å². The van der Waals surface area contributed by atoms with Gasteiger partial charge in [0.2, 0.25) is 17.8 Å². The second kappa shape index (κ2) is 5.31. The number of hydrogen-bond acceptors (Lipinski definition) is 4. The van der Waals surface area contributed by atoms with Gasteiger partial charge in [-0.15, -0.1) is 0 Å². The van der Waals surface area contributed by atoms with Crippen LogP contribution in [0.1, 0.15) is 6.42 Å². The zero-order chi connectivity index (χ0) is 14.8. The number of anilines is 2. The molecule has 2 heterocycles. The number of carbonyl (C=O) groups is 2. The van der Waals surface area contributed by atoms with Gasteiger partial charge < -0.3 is 5.32 Å². The van der Waals surface area contributed by atoms with Crippen LogP contribution in [0.15, 0.2) is 30.6 Å². The predicted molar refractivity (Wildman–Crippen MR) is 71.8 cm³/mol. The van der Waals surface area contributed by atoms with Crippen molar-refractivity contribution in [2.75, 3.05) is 10.6 Å². The van der Waals surface area contributed by atoms with Crippen molar-refractivity contribution in [3.05, 3.63) is 36.4 Å². The van der Waals surface area contributed by atoms with Gasteiger partial charge in [0.15, 0.2) is 0 Å². The van der Waals surface area contributed by atoms with Crippen LogP contribution in [0.2, 0.25) is 0 Å². The first-order chi connectivity index (χ1) is 10.1.